The molecule has 4 aromatic rings. The summed E-state index contributed by atoms with van der Waals surface area (Å²) in [4.78, 5) is 28.0. The number of anilines is 2. The van der Waals surface area contributed by atoms with Crippen LogP contribution < -0.4 is 15.4 Å². The Morgan fingerprint density at radius 3 is 2.93 bits per heavy atom. The molecular formula is C29H27ClN6O4S. The van der Waals surface area contributed by atoms with E-state index in [-0.39, 0.29) is 18.2 Å². The van der Waals surface area contributed by atoms with Crippen molar-refractivity contribution in [3.63, 3.8) is 0 Å². The molecule has 5 heterocycles. The Morgan fingerprint density at radius 1 is 1.20 bits per heavy atom. The molecule has 0 aliphatic carbocycles. The highest BCUT2D eigenvalue weighted by Gasteiger charge is 2.28. The first kappa shape index (κ1) is 27.2. The van der Waals surface area contributed by atoms with Crippen LogP contribution in [0.2, 0.25) is 5.02 Å². The van der Waals surface area contributed by atoms with Crippen molar-refractivity contribution in [3.8, 4) is 17.6 Å². The fraction of sp³-hybridized carbons (Fsp3) is 0.310. The number of halogens is 1. The molecule has 0 unspecified atom stereocenters. The molecule has 2 N–H and O–H groups in total. The first-order valence-electron chi connectivity index (χ1n) is 13.2. The van der Waals surface area contributed by atoms with E-state index in [1.54, 1.807) is 17.2 Å². The molecule has 1 amide bonds. The number of amides is 1. The van der Waals surface area contributed by atoms with Gasteiger partial charge in [-0.3, -0.25) is 10.3 Å². The fourth-order valence-corrected chi connectivity index (χ4v) is 5.65. The van der Waals surface area contributed by atoms with Crippen molar-refractivity contribution in [2.45, 2.75) is 25.2 Å². The number of morpholine rings is 1. The van der Waals surface area contributed by atoms with Gasteiger partial charge in [-0.1, -0.05) is 29.5 Å². The SMILES string of the molecule is O=C(O[C@H]1CN[C@H](C#Cc2cc3ncnc(Nc4ccc(OCc5ccccn5)c(Cl)c4)c3s2)C1)N1CCOCC1. The monoisotopic (exact) mass is 590 g/mol. The van der Waals surface area contributed by atoms with Crippen LogP contribution in [0.3, 0.4) is 0 Å². The van der Waals surface area contributed by atoms with Crippen LogP contribution in [0.5, 0.6) is 5.75 Å². The van der Waals surface area contributed by atoms with E-state index in [1.165, 1.54) is 17.7 Å². The first-order chi connectivity index (χ1) is 20.1. The molecule has 2 saturated heterocycles. The molecule has 2 fully saturated rings. The maximum atomic E-state index is 12.4. The summed E-state index contributed by atoms with van der Waals surface area (Å²) in [5.74, 6) is 7.76. The number of ether oxygens (including phenoxy) is 3. The number of carbonyl (C=O) groups is 1. The number of rotatable bonds is 6. The lowest BCUT2D eigenvalue weighted by atomic mass is 10.2. The highest BCUT2D eigenvalue weighted by Crippen LogP contribution is 2.33. The Labute approximate surface area is 246 Å². The molecule has 2 aliphatic heterocycles. The van der Waals surface area contributed by atoms with Crippen LogP contribution in [0.1, 0.15) is 17.0 Å². The van der Waals surface area contributed by atoms with Gasteiger partial charge in [0.2, 0.25) is 0 Å². The predicted molar refractivity (Wildman–Crippen MR) is 157 cm³/mol. The van der Waals surface area contributed by atoms with Gasteiger partial charge in [-0.2, -0.15) is 0 Å². The molecule has 3 aromatic heterocycles. The van der Waals surface area contributed by atoms with Crippen LogP contribution >= 0.6 is 22.9 Å². The lowest BCUT2D eigenvalue weighted by Gasteiger charge is -2.27. The molecule has 0 spiro atoms. The van der Waals surface area contributed by atoms with Gasteiger partial charge in [0.15, 0.2) is 5.82 Å². The molecule has 2 aliphatic rings. The zero-order valence-corrected chi connectivity index (χ0v) is 23.6. The minimum Gasteiger partial charge on any atom is -0.486 e. The Balaban J connectivity index is 1.08. The summed E-state index contributed by atoms with van der Waals surface area (Å²) in [7, 11) is 0. The van der Waals surface area contributed by atoms with Gasteiger partial charge < -0.3 is 24.4 Å². The summed E-state index contributed by atoms with van der Waals surface area (Å²) in [5.41, 5.74) is 2.39. The van der Waals surface area contributed by atoms with Crippen molar-refractivity contribution < 1.29 is 19.0 Å². The minimum absolute atomic E-state index is 0.0630. The van der Waals surface area contributed by atoms with Gasteiger partial charge in [0, 0.05) is 37.9 Å². The van der Waals surface area contributed by atoms with Gasteiger partial charge >= 0.3 is 6.09 Å². The van der Waals surface area contributed by atoms with Gasteiger partial charge in [0.05, 0.1) is 45.1 Å². The van der Waals surface area contributed by atoms with Gasteiger partial charge in [-0.05, 0) is 36.4 Å². The first-order valence-corrected chi connectivity index (χ1v) is 14.4. The summed E-state index contributed by atoms with van der Waals surface area (Å²) in [6.07, 6.45) is 3.40. The third-order valence-electron chi connectivity index (χ3n) is 6.60. The third kappa shape index (κ3) is 6.86. The van der Waals surface area contributed by atoms with Crippen molar-refractivity contribution in [2.24, 2.45) is 0 Å². The zero-order chi connectivity index (χ0) is 28.0. The topological polar surface area (TPSA) is 111 Å². The van der Waals surface area contributed by atoms with E-state index >= 15 is 0 Å². The smallest absolute Gasteiger partial charge is 0.410 e. The number of nitrogens with zero attached hydrogens (tertiary/aromatic N) is 4. The summed E-state index contributed by atoms with van der Waals surface area (Å²) < 4.78 is 17.7. The molecule has 10 nitrogen and oxygen atoms in total. The maximum Gasteiger partial charge on any atom is 0.410 e. The van der Waals surface area contributed by atoms with Gasteiger partial charge in [0.1, 0.15) is 24.8 Å². The molecule has 12 heteroatoms. The van der Waals surface area contributed by atoms with E-state index < -0.39 is 0 Å². The van der Waals surface area contributed by atoms with E-state index in [9.17, 15) is 4.79 Å². The number of hydrogen-bond acceptors (Lipinski definition) is 10. The second-order valence-electron chi connectivity index (χ2n) is 9.50. The van der Waals surface area contributed by atoms with Crippen LogP contribution in [0.25, 0.3) is 10.2 Å². The molecule has 1 aromatic carbocycles. The van der Waals surface area contributed by atoms with Crippen molar-refractivity contribution in [1.29, 1.82) is 0 Å². The van der Waals surface area contributed by atoms with Crippen LogP contribution in [0, 0.1) is 11.8 Å². The Bertz CT molecular complexity index is 1580. The Kier molecular flexibility index (Phi) is 8.44. The van der Waals surface area contributed by atoms with E-state index in [1.807, 2.05) is 36.4 Å². The number of fused-ring (bicyclic) bond motifs is 1. The lowest BCUT2D eigenvalue weighted by Crippen LogP contribution is -2.42. The Morgan fingerprint density at radius 2 is 2.10 bits per heavy atom. The molecular weight excluding hydrogens is 564 g/mol. The molecule has 210 valence electrons. The number of pyridine rings is 1. The average molecular weight is 591 g/mol. The number of thiophene rings is 1. The van der Waals surface area contributed by atoms with Crippen LogP contribution in [0.4, 0.5) is 16.3 Å². The molecule has 6 rings (SSSR count). The quantitative estimate of drug-likeness (QED) is 0.311. The molecule has 0 bridgehead atoms. The predicted octanol–water partition coefficient (Wildman–Crippen LogP) is 4.61. The summed E-state index contributed by atoms with van der Waals surface area (Å²) in [5, 5.41) is 7.15. The Hall–Kier alpha value is -3.95. The number of benzene rings is 1. The van der Waals surface area contributed by atoms with Gasteiger partial charge in [0.25, 0.3) is 0 Å². The highest BCUT2D eigenvalue weighted by molar-refractivity contribution is 7.20. The van der Waals surface area contributed by atoms with Crippen molar-refractivity contribution in [2.75, 3.05) is 38.2 Å². The van der Waals surface area contributed by atoms with Crippen LogP contribution in [-0.2, 0) is 16.1 Å². The molecule has 0 saturated carbocycles. The van der Waals surface area contributed by atoms with E-state index in [0.29, 0.717) is 62.5 Å². The third-order valence-corrected chi connectivity index (χ3v) is 7.95. The lowest BCUT2D eigenvalue weighted by molar-refractivity contribution is 0.0156. The second kappa shape index (κ2) is 12.7. The number of aromatic nitrogens is 3. The highest BCUT2D eigenvalue weighted by atomic mass is 35.5. The van der Waals surface area contributed by atoms with Crippen LogP contribution in [-0.4, -0.2) is 70.9 Å². The average Bonchev–Trinajstić information content (AvgIpc) is 3.64. The second-order valence-corrected chi connectivity index (χ2v) is 11.0. The van der Waals surface area contributed by atoms with Crippen molar-refractivity contribution >= 4 is 50.8 Å². The van der Waals surface area contributed by atoms with Gasteiger partial charge in [-0.25, -0.2) is 14.8 Å². The molecule has 2 atom stereocenters. The summed E-state index contributed by atoms with van der Waals surface area (Å²) in [6.45, 7) is 3.13. The summed E-state index contributed by atoms with van der Waals surface area (Å²) >= 11 is 8.00. The molecule has 41 heavy (non-hydrogen) atoms. The summed E-state index contributed by atoms with van der Waals surface area (Å²) in [6, 6.07) is 13.1. The normalized spacial score (nSPS) is 18.5. The minimum atomic E-state index is -0.287. The van der Waals surface area contributed by atoms with E-state index in [2.05, 4.69) is 37.4 Å². The maximum absolute atomic E-state index is 12.4. The van der Waals surface area contributed by atoms with Gasteiger partial charge in [-0.15, -0.1) is 11.3 Å². The largest absolute Gasteiger partial charge is 0.486 e. The number of nitrogens with one attached hydrogen (secondary N) is 2. The molecule has 0 radical (unpaired) electrons. The number of carbonyl (C=O) groups excluding carboxylic acids is 1. The zero-order valence-electron chi connectivity index (χ0n) is 22.0. The standard InChI is InChI=1S/C29H27ClN6O4S/c30-24-14-20(5-7-26(24)39-17-21-3-1-2-8-31-21)35-28-27-25(33-18-34-28)15-23(41-27)6-4-19-13-22(16-32-19)40-29(37)36-9-11-38-12-10-36/h1-3,5,7-8,14-15,18-19,22,32H,9-13,16-17H2,(H,33,34,35)/t19-,22-/m1/s1. The van der Waals surface area contributed by atoms with Crippen molar-refractivity contribution in [3.05, 3.63) is 70.6 Å². The van der Waals surface area contributed by atoms with E-state index in [4.69, 9.17) is 25.8 Å². The van der Waals surface area contributed by atoms with E-state index in [0.717, 1.165) is 26.5 Å². The van der Waals surface area contributed by atoms with Crippen LogP contribution in [0.15, 0.2) is 55.0 Å². The fourth-order valence-electron chi connectivity index (χ4n) is 4.50. The van der Waals surface area contributed by atoms with Crippen molar-refractivity contribution in [1.82, 2.24) is 25.2 Å². The number of hydrogen-bond donors (Lipinski definition) is 2.